The maximum atomic E-state index is 13.4. The molecule has 0 aliphatic carbocycles. The fourth-order valence-electron chi connectivity index (χ4n) is 1.56. The maximum absolute atomic E-state index is 13.4. The molecule has 0 aliphatic heterocycles. The van der Waals surface area contributed by atoms with Crippen LogP contribution in [0.15, 0.2) is 28.8 Å². The van der Waals surface area contributed by atoms with E-state index < -0.39 is 11.7 Å². The molecule has 0 fully saturated rings. The Labute approximate surface area is 113 Å². The largest absolute Gasteiger partial charge is 0.377 e. The number of nitriles is 1. The smallest absolute Gasteiger partial charge is 0.277 e. The summed E-state index contributed by atoms with van der Waals surface area (Å²) in [5.74, 6) is -0.916. The number of amides is 1. The molecule has 1 aromatic carbocycles. The van der Waals surface area contributed by atoms with Gasteiger partial charge in [-0.15, -0.1) is 0 Å². The molecule has 2 aromatic rings. The second-order valence-electron chi connectivity index (χ2n) is 3.84. The number of ether oxygens (including phenoxy) is 1. The number of halogens is 1. The molecule has 0 saturated heterocycles. The zero-order valence-corrected chi connectivity index (χ0v) is 10.5. The van der Waals surface area contributed by atoms with Crippen LogP contribution in [-0.2, 0) is 11.3 Å². The van der Waals surface area contributed by atoms with Crippen molar-refractivity contribution in [3.05, 3.63) is 47.1 Å². The van der Waals surface area contributed by atoms with Crippen LogP contribution in [0.2, 0.25) is 0 Å². The van der Waals surface area contributed by atoms with E-state index in [0.29, 0.717) is 5.76 Å². The van der Waals surface area contributed by atoms with Gasteiger partial charge in [-0.3, -0.25) is 4.79 Å². The van der Waals surface area contributed by atoms with Crippen LogP contribution < -0.4 is 5.32 Å². The second-order valence-corrected chi connectivity index (χ2v) is 3.84. The lowest BCUT2D eigenvalue weighted by Crippen LogP contribution is -2.13. The number of methoxy groups -OCH3 is 1. The number of benzene rings is 1. The minimum Gasteiger partial charge on any atom is -0.377 e. The van der Waals surface area contributed by atoms with E-state index in [9.17, 15) is 9.18 Å². The lowest BCUT2D eigenvalue weighted by atomic mass is 10.2. The van der Waals surface area contributed by atoms with E-state index >= 15 is 0 Å². The molecule has 1 aromatic heterocycles. The average Bonchev–Trinajstić information content (AvgIpc) is 2.88. The Morgan fingerprint density at radius 3 is 3.10 bits per heavy atom. The van der Waals surface area contributed by atoms with Crippen molar-refractivity contribution in [2.24, 2.45) is 0 Å². The highest BCUT2D eigenvalue weighted by molar-refractivity contribution is 6.03. The zero-order chi connectivity index (χ0) is 14.5. The Bertz CT molecular complexity index is 676. The molecule has 1 N–H and O–H groups in total. The summed E-state index contributed by atoms with van der Waals surface area (Å²) in [6.07, 6.45) is 0. The monoisotopic (exact) mass is 275 g/mol. The minimum absolute atomic E-state index is 0.0187. The Morgan fingerprint density at radius 1 is 1.60 bits per heavy atom. The van der Waals surface area contributed by atoms with Crippen LogP contribution in [0.5, 0.6) is 0 Å². The first-order valence-corrected chi connectivity index (χ1v) is 5.60. The van der Waals surface area contributed by atoms with Gasteiger partial charge in [-0.1, -0.05) is 11.2 Å². The third kappa shape index (κ3) is 2.81. The van der Waals surface area contributed by atoms with Gasteiger partial charge in [0, 0.05) is 13.2 Å². The Kier molecular flexibility index (Phi) is 4.08. The predicted molar refractivity (Wildman–Crippen MR) is 66.3 cm³/mol. The molecule has 0 radical (unpaired) electrons. The van der Waals surface area contributed by atoms with Crippen LogP contribution in [-0.4, -0.2) is 18.2 Å². The fraction of sp³-hybridized carbons (Fsp3) is 0.154. The number of rotatable bonds is 4. The van der Waals surface area contributed by atoms with Gasteiger partial charge >= 0.3 is 0 Å². The molecular formula is C13H10FN3O3. The lowest BCUT2D eigenvalue weighted by molar-refractivity contribution is 0.101. The number of carbonyl (C=O) groups is 1. The minimum atomic E-state index is -0.703. The third-order valence-electron chi connectivity index (χ3n) is 2.45. The molecule has 2 rings (SSSR count). The van der Waals surface area contributed by atoms with Crippen LogP contribution in [0.4, 0.5) is 10.1 Å². The molecule has 0 bridgehead atoms. The summed E-state index contributed by atoms with van der Waals surface area (Å²) in [5.41, 5.74) is -0.138. The summed E-state index contributed by atoms with van der Waals surface area (Å²) in [4.78, 5) is 11.9. The quantitative estimate of drug-likeness (QED) is 0.922. The van der Waals surface area contributed by atoms with Crippen LogP contribution in [0, 0.1) is 17.1 Å². The number of carbonyl (C=O) groups excluding carboxylic acids is 1. The molecule has 0 aliphatic rings. The molecule has 7 heteroatoms. The topological polar surface area (TPSA) is 88.1 Å². The Morgan fingerprint density at radius 2 is 2.40 bits per heavy atom. The normalized spacial score (nSPS) is 10.1. The number of nitrogens with zero attached hydrogens (tertiary/aromatic N) is 2. The van der Waals surface area contributed by atoms with E-state index in [0.717, 1.165) is 6.07 Å². The van der Waals surface area contributed by atoms with Gasteiger partial charge in [0.1, 0.15) is 24.1 Å². The van der Waals surface area contributed by atoms with Crippen molar-refractivity contribution >= 4 is 11.6 Å². The first-order chi connectivity index (χ1) is 9.65. The van der Waals surface area contributed by atoms with Crippen molar-refractivity contribution < 1.29 is 18.4 Å². The van der Waals surface area contributed by atoms with Crippen molar-refractivity contribution in [3.63, 3.8) is 0 Å². The number of aromatic nitrogens is 1. The molecule has 0 spiro atoms. The first kappa shape index (κ1) is 13.7. The molecule has 6 nitrogen and oxygen atoms in total. The lowest BCUT2D eigenvalue weighted by Gasteiger charge is -2.05. The van der Waals surface area contributed by atoms with Crippen molar-refractivity contribution in [2.45, 2.75) is 6.61 Å². The number of nitrogens with one attached hydrogen (secondary N) is 1. The summed E-state index contributed by atoms with van der Waals surface area (Å²) in [5, 5.41) is 14.8. The molecule has 1 amide bonds. The average molecular weight is 275 g/mol. The predicted octanol–water partition coefficient (Wildman–Crippen LogP) is 2.08. The van der Waals surface area contributed by atoms with E-state index in [4.69, 9.17) is 14.5 Å². The van der Waals surface area contributed by atoms with Crippen LogP contribution >= 0.6 is 0 Å². The summed E-state index contributed by atoms with van der Waals surface area (Å²) in [7, 11) is 1.48. The van der Waals surface area contributed by atoms with Gasteiger partial charge < -0.3 is 14.6 Å². The summed E-state index contributed by atoms with van der Waals surface area (Å²) in [6, 6.07) is 7.06. The molecule has 0 atom stereocenters. The van der Waals surface area contributed by atoms with E-state index in [2.05, 4.69) is 10.5 Å². The van der Waals surface area contributed by atoms with Crippen molar-refractivity contribution in [2.75, 3.05) is 12.4 Å². The summed E-state index contributed by atoms with van der Waals surface area (Å²) >= 11 is 0. The maximum Gasteiger partial charge on any atom is 0.277 e. The molecular weight excluding hydrogens is 265 g/mol. The molecule has 0 saturated carbocycles. The number of hydrogen-bond donors (Lipinski definition) is 1. The molecule has 0 unspecified atom stereocenters. The van der Waals surface area contributed by atoms with E-state index in [1.165, 1.54) is 25.3 Å². The Balaban J connectivity index is 2.19. The molecule has 20 heavy (non-hydrogen) atoms. The third-order valence-corrected chi connectivity index (χ3v) is 2.45. The fourth-order valence-corrected chi connectivity index (χ4v) is 1.56. The number of hydrogen-bond acceptors (Lipinski definition) is 5. The van der Waals surface area contributed by atoms with Crippen molar-refractivity contribution in [3.8, 4) is 6.07 Å². The van der Waals surface area contributed by atoms with Crippen molar-refractivity contribution in [1.29, 1.82) is 5.26 Å². The highest BCUT2D eigenvalue weighted by atomic mass is 19.1. The van der Waals surface area contributed by atoms with E-state index in [1.807, 2.05) is 0 Å². The van der Waals surface area contributed by atoms with Crippen LogP contribution in [0.3, 0.4) is 0 Å². The van der Waals surface area contributed by atoms with Crippen molar-refractivity contribution in [1.82, 2.24) is 5.16 Å². The Hall–Kier alpha value is -2.72. The zero-order valence-electron chi connectivity index (χ0n) is 10.5. The molecule has 102 valence electrons. The summed E-state index contributed by atoms with van der Waals surface area (Å²) in [6.45, 7) is 0.184. The van der Waals surface area contributed by atoms with Crippen LogP contribution in [0.1, 0.15) is 21.8 Å². The van der Waals surface area contributed by atoms with E-state index in [-0.39, 0.29) is 23.6 Å². The highest BCUT2D eigenvalue weighted by Gasteiger charge is 2.15. The number of anilines is 1. The SMILES string of the molecule is COCc1cc(C(=O)Nc2cccc(F)c2C#N)no1. The van der Waals surface area contributed by atoms with Gasteiger partial charge in [0.2, 0.25) is 0 Å². The van der Waals surface area contributed by atoms with Gasteiger partial charge in [0.15, 0.2) is 11.5 Å². The van der Waals surface area contributed by atoms with Gasteiger partial charge in [-0.2, -0.15) is 5.26 Å². The summed E-state index contributed by atoms with van der Waals surface area (Å²) < 4.78 is 23.1. The van der Waals surface area contributed by atoms with E-state index in [1.54, 1.807) is 6.07 Å². The first-order valence-electron chi connectivity index (χ1n) is 5.60. The van der Waals surface area contributed by atoms with Gasteiger partial charge in [0.25, 0.3) is 5.91 Å². The molecule has 1 heterocycles. The van der Waals surface area contributed by atoms with Gasteiger partial charge in [-0.05, 0) is 12.1 Å². The van der Waals surface area contributed by atoms with Gasteiger partial charge in [0.05, 0.1) is 5.69 Å². The van der Waals surface area contributed by atoms with Gasteiger partial charge in [-0.25, -0.2) is 4.39 Å². The van der Waals surface area contributed by atoms with Crippen LogP contribution in [0.25, 0.3) is 0 Å². The second kappa shape index (κ2) is 5.95. The standard InChI is InChI=1S/C13H10FN3O3/c1-19-7-8-5-12(17-20-8)13(18)16-11-4-2-3-10(14)9(11)6-15/h2-5H,7H2,1H3,(H,16,18). The highest BCUT2D eigenvalue weighted by Crippen LogP contribution is 2.18.